The van der Waals surface area contributed by atoms with Crippen molar-refractivity contribution in [1.82, 2.24) is 20.0 Å². The molecule has 148 valence electrons. The van der Waals surface area contributed by atoms with Crippen LogP contribution in [0.2, 0.25) is 5.02 Å². The van der Waals surface area contributed by atoms with Crippen molar-refractivity contribution in [1.29, 1.82) is 0 Å². The highest BCUT2D eigenvalue weighted by atomic mass is 35.5. The minimum Gasteiger partial charge on any atom is -0.350 e. The molecule has 4 rings (SSSR count). The van der Waals surface area contributed by atoms with Crippen LogP contribution in [0.1, 0.15) is 40.7 Å². The van der Waals surface area contributed by atoms with Gasteiger partial charge in [-0.1, -0.05) is 23.7 Å². The number of aryl methyl sites for hydroxylation is 1. The molecular formula is C21H25ClN4OS. The van der Waals surface area contributed by atoms with Crippen LogP contribution in [0.3, 0.4) is 0 Å². The maximum absolute atomic E-state index is 12.7. The molecule has 0 spiro atoms. The molecule has 3 aromatic rings. The Bertz CT molecular complexity index is 990. The average molecular weight is 417 g/mol. The summed E-state index contributed by atoms with van der Waals surface area (Å²) >= 11 is 7.48. The van der Waals surface area contributed by atoms with Crippen LogP contribution in [0.15, 0.2) is 30.3 Å². The number of hydrogen-bond donors (Lipinski definition) is 1. The molecule has 1 aromatic carbocycles. The molecule has 1 unspecified atom stereocenters. The summed E-state index contributed by atoms with van der Waals surface area (Å²) in [6.45, 7) is 5.47. The Morgan fingerprint density at radius 3 is 2.79 bits per heavy atom. The predicted molar refractivity (Wildman–Crippen MR) is 115 cm³/mol. The molecule has 28 heavy (non-hydrogen) atoms. The van der Waals surface area contributed by atoms with Crippen molar-refractivity contribution in [3.8, 4) is 0 Å². The fraction of sp³-hybridized carbons (Fsp3) is 0.429. The maximum Gasteiger partial charge on any atom is 0.261 e. The number of amides is 1. The lowest BCUT2D eigenvalue weighted by molar-refractivity contribution is 0.0943. The van der Waals surface area contributed by atoms with E-state index in [4.69, 9.17) is 11.6 Å². The minimum absolute atomic E-state index is 0.00492. The molecule has 0 saturated heterocycles. The molecule has 1 saturated carbocycles. The molecule has 1 N–H and O–H groups in total. The Balaban J connectivity index is 1.47. The number of aromatic nitrogens is 2. The van der Waals surface area contributed by atoms with Crippen molar-refractivity contribution >= 4 is 39.1 Å². The van der Waals surface area contributed by atoms with Gasteiger partial charge in [0.05, 0.1) is 17.1 Å². The van der Waals surface area contributed by atoms with E-state index in [9.17, 15) is 4.79 Å². The van der Waals surface area contributed by atoms with Crippen molar-refractivity contribution in [2.45, 2.75) is 45.3 Å². The first-order chi connectivity index (χ1) is 13.4. The number of fused-ring (bicyclic) bond motifs is 1. The van der Waals surface area contributed by atoms with Gasteiger partial charge in [-0.2, -0.15) is 5.10 Å². The van der Waals surface area contributed by atoms with Gasteiger partial charge in [-0.15, -0.1) is 11.3 Å². The molecule has 1 aliphatic carbocycles. The van der Waals surface area contributed by atoms with Gasteiger partial charge in [-0.3, -0.25) is 14.4 Å². The standard InChI is InChI=1S/C21H25ClN4OS/c1-13(25(3)17-8-9-17)11-23-20(27)19-10-18-14(2)24-26(21(18)28-19)12-15-4-6-16(22)7-5-15/h4-7,10,13,17H,8-9,11-12H2,1-3H3,(H,23,27). The van der Waals surface area contributed by atoms with Gasteiger partial charge in [0.1, 0.15) is 4.83 Å². The van der Waals surface area contributed by atoms with E-state index in [2.05, 4.69) is 29.3 Å². The van der Waals surface area contributed by atoms with Gasteiger partial charge >= 0.3 is 0 Å². The van der Waals surface area contributed by atoms with E-state index in [0.717, 1.165) is 31.4 Å². The molecule has 2 heterocycles. The number of rotatable bonds is 7. The van der Waals surface area contributed by atoms with Crippen molar-refractivity contribution in [2.24, 2.45) is 0 Å². The molecule has 7 heteroatoms. The van der Waals surface area contributed by atoms with E-state index >= 15 is 0 Å². The minimum atomic E-state index is -0.00492. The van der Waals surface area contributed by atoms with Crippen LogP contribution < -0.4 is 5.32 Å². The quantitative estimate of drug-likeness (QED) is 0.624. The topological polar surface area (TPSA) is 50.2 Å². The molecule has 0 radical (unpaired) electrons. The average Bonchev–Trinajstić information content (AvgIpc) is 3.36. The Labute approximate surface area is 174 Å². The third-order valence-corrected chi connectivity index (χ3v) is 6.85. The van der Waals surface area contributed by atoms with Gasteiger partial charge in [0, 0.05) is 29.0 Å². The van der Waals surface area contributed by atoms with Crippen molar-refractivity contribution in [3.05, 3.63) is 51.5 Å². The summed E-state index contributed by atoms with van der Waals surface area (Å²) in [6, 6.07) is 10.8. The first-order valence-electron chi connectivity index (χ1n) is 9.64. The van der Waals surface area contributed by atoms with Crippen LogP contribution in [-0.2, 0) is 6.54 Å². The molecule has 0 bridgehead atoms. The molecule has 1 atom stereocenters. The zero-order valence-electron chi connectivity index (χ0n) is 16.4. The predicted octanol–water partition coefficient (Wildman–Crippen LogP) is 4.32. The summed E-state index contributed by atoms with van der Waals surface area (Å²) in [5, 5.41) is 9.51. The largest absolute Gasteiger partial charge is 0.350 e. The number of nitrogens with one attached hydrogen (secondary N) is 1. The number of likely N-dealkylation sites (N-methyl/N-ethyl adjacent to an activating group) is 1. The summed E-state index contributed by atoms with van der Waals surface area (Å²) < 4.78 is 1.97. The van der Waals surface area contributed by atoms with Gasteiger partial charge in [0.15, 0.2) is 0 Å². The zero-order valence-corrected chi connectivity index (χ0v) is 18.0. The Morgan fingerprint density at radius 2 is 2.11 bits per heavy atom. The number of nitrogens with zero attached hydrogens (tertiary/aromatic N) is 3. The molecule has 1 aliphatic rings. The summed E-state index contributed by atoms with van der Waals surface area (Å²) in [6.07, 6.45) is 2.54. The zero-order chi connectivity index (χ0) is 19.8. The van der Waals surface area contributed by atoms with Crippen LogP contribution >= 0.6 is 22.9 Å². The maximum atomic E-state index is 12.7. The SMILES string of the molecule is Cc1nn(Cc2ccc(Cl)cc2)c2sc(C(=O)NCC(C)N(C)C3CC3)cc12. The number of carbonyl (C=O) groups is 1. The number of hydrogen-bond acceptors (Lipinski definition) is 4. The van der Waals surface area contributed by atoms with Crippen LogP contribution in [0.4, 0.5) is 0 Å². The van der Waals surface area contributed by atoms with Crippen LogP contribution in [0.25, 0.3) is 10.2 Å². The van der Waals surface area contributed by atoms with Gasteiger partial charge in [-0.25, -0.2) is 0 Å². The fourth-order valence-electron chi connectivity index (χ4n) is 3.41. The highest BCUT2D eigenvalue weighted by Gasteiger charge is 2.29. The first kappa shape index (κ1) is 19.4. The van der Waals surface area contributed by atoms with Crippen LogP contribution in [0.5, 0.6) is 0 Å². The molecular weight excluding hydrogens is 392 g/mol. The lowest BCUT2D eigenvalue weighted by Crippen LogP contribution is -2.41. The summed E-state index contributed by atoms with van der Waals surface area (Å²) in [5.41, 5.74) is 2.08. The van der Waals surface area contributed by atoms with Gasteiger partial charge in [0.2, 0.25) is 0 Å². The fourth-order valence-corrected chi connectivity index (χ4v) is 4.61. The Morgan fingerprint density at radius 1 is 1.39 bits per heavy atom. The Hall–Kier alpha value is -1.89. The monoisotopic (exact) mass is 416 g/mol. The normalized spacial score (nSPS) is 15.3. The van der Waals surface area contributed by atoms with Gasteiger partial charge < -0.3 is 5.32 Å². The smallest absolute Gasteiger partial charge is 0.261 e. The lowest BCUT2D eigenvalue weighted by atomic mass is 10.2. The summed E-state index contributed by atoms with van der Waals surface area (Å²) in [7, 11) is 2.14. The van der Waals surface area contributed by atoms with E-state index in [1.54, 1.807) is 0 Å². The molecule has 1 amide bonds. The number of carbonyl (C=O) groups excluding carboxylic acids is 1. The van der Waals surface area contributed by atoms with Gasteiger partial charge in [0.25, 0.3) is 5.91 Å². The second kappa shape index (κ2) is 7.85. The van der Waals surface area contributed by atoms with E-state index < -0.39 is 0 Å². The summed E-state index contributed by atoms with van der Waals surface area (Å²) in [4.78, 5) is 16.8. The molecule has 2 aromatic heterocycles. The van der Waals surface area contributed by atoms with E-state index in [1.807, 2.05) is 41.9 Å². The van der Waals surface area contributed by atoms with Crippen molar-refractivity contribution in [2.75, 3.05) is 13.6 Å². The van der Waals surface area contributed by atoms with E-state index in [-0.39, 0.29) is 5.91 Å². The Kier molecular flexibility index (Phi) is 5.45. The second-order valence-electron chi connectivity index (χ2n) is 7.65. The number of halogens is 1. The van der Waals surface area contributed by atoms with Gasteiger partial charge in [-0.05, 0) is 57.5 Å². The highest BCUT2D eigenvalue weighted by Crippen LogP contribution is 2.29. The molecule has 1 fully saturated rings. The highest BCUT2D eigenvalue weighted by molar-refractivity contribution is 7.20. The van der Waals surface area contributed by atoms with Crippen LogP contribution in [-0.4, -0.2) is 46.3 Å². The van der Waals surface area contributed by atoms with Crippen molar-refractivity contribution in [3.63, 3.8) is 0 Å². The number of benzene rings is 1. The number of thiophene rings is 1. The third-order valence-electron chi connectivity index (χ3n) is 5.45. The van der Waals surface area contributed by atoms with Crippen LogP contribution in [0, 0.1) is 6.92 Å². The molecule has 0 aliphatic heterocycles. The first-order valence-corrected chi connectivity index (χ1v) is 10.8. The summed E-state index contributed by atoms with van der Waals surface area (Å²) in [5.74, 6) is -0.00492. The van der Waals surface area contributed by atoms with E-state index in [0.29, 0.717) is 25.2 Å². The third kappa shape index (κ3) is 4.09. The molecule has 5 nitrogen and oxygen atoms in total. The van der Waals surface area contributed by atoms with Crippen molar-refractivity contribution < 1.29 is 4.79 Å². The second-order valence-corrected chi connectivity index (χ2v) is 9.12. The lowest BCUT2D eigenvalue weighted by Gasteiger charge is -2.24. The van der Waals surface area contributed by atoms with E-state index in [1.165, 1.54) is 24.2 Å².